The Hall–Kier alpha value is -3.15. The largest absolute Gasteiger partial charge is 0.416 e. The highest BCUT2D eigenvalue weighted by Crippen LogP contribution is 2.51. The van der Waals surface area contributed by atoms with E-state index in [0.29, 0.717) is 31.2 Å². The maximum Gasteiger partial charge on any atom is 0.416 e. The number of amides is 2. The standard InChI is InChI=1S/C33H43F3N4O4S/c1-20-18-23(33(34,35)36)19-24(37-20)38-26-25(31(2,3)4)28(29(41)39-45(43,44)32(5)16-17-32)40(27(26)21-12-8-6-9-13-21)30(42)22-14-10-7-11-15-22/h6,8-9,12-13,18-19,22,25-28H,7,10-11,14-17H2,1-5H3,(H,37,38)(H,39,41)/t25-,26-,27-,28-/m1/s1. The maximum atomic E-state index is 14.6. The van der Waals surface area contributed by atoms with Crippen molar-refractivity contribution >= 4 is 27.7 Å². The second kappa shape index (κ2) is 11.9. The van der Waals surface area contributed by atoms with Gasteiger partial charge in [0.05, 0.1) is 22.4 Å². The summed E-state index contributed by atoms with van der Waals surface area (Å²) in [6.45, 7) is 8.74. The molecule has 0 radical (unpaired) electrons. The van der Waals surface area contributed by atoms with E-state index in [2.05, 4.69) is 15.0 Å². The first-order valence-electron chi connectivity index (χ1n) is 15.7. The van der Waals surface area contributed by atoms with Crippen molar-refractivity contribution in [1.82, 2.24) is 14.6 Å². The molecule has 45 heavy (non-hydrogen) atoms. The van der Waals surface area contributed by atoms with Crippen LogP contribution in [0.2, 0.25) is 0 Å². The van der Waals surface area contributed by atoms with Crippen LogP contribution in [-0.2, 0) is 25.8 Å². The van der Waals surface area contributed by atoms with Crippen molar-refractivity contribution in [1.29, 1.82) is 0 Å². The zero-order chi connectivity index (χ0) is 32.9. The average Bonchev–Trinajstić information content (AvgIpc) is 3.63. The zero-order valence-corrected chi connectivity index (χ0v) is 27.3. The van der Waals surface area contributed by atoms with Crippen LogP contribution in [-0.4, -0.2) is 46.9 Å². The van der Waals surface area contributed by atoms with Gasteiger partial charge in [-0.3, -0.25) is 14.3 Å². The van der Waals surface area contributed by atoms with E-state index in [1.54, 1.807) is 24.0 Å². The van der Waals surface area contributed by atoms with Crippen molar-refractivity contribution in [2.24, 2.45) is 17.3 Å². The molecule has 12 heteroatoms. The predicted molar refractivity (Wildman–Crippen MR) is 165 cm³/mol. The molecule has 2 aromatic rings. The lowest BCUT2D eigenvalue weighted by Crippen LogP contribution is -2.55. The van der Waals surface area contributed by atoms with Crippen LogP contribution in [0.5, 0.6) is 0 Å². The molecule has 2 amide bonds. The summed E-state index contributed by atoms with van der Waals surface area (Å²) in [5.41, 5.74) is -0.739. The van der Waals surface area contributed by atoms with Gasteiger partial charge in [0, 0.05) is 17.5 Å². The number of carbonyl (C=O) groups is 2. The number of pyridine rings is 1. The van der Waals surface area contributed by atoms with Crippen LogP contribution in [0, 0.1) is 24.2 Å². The second-order valence-electron chi connectivity index (χ2n) is 14.2. The van der Waals surface area contributed by atoms with Gasteiger partial charge >= 0.3 is 6.18 Å². The first-order valence-corrected chi connectivity index (χ1v) is 17.2. The Morgan fingerprint density at radius 2 is 1.62 bits per heavy atom. The molecule has 2 aliphatic carbocycles. The summed E-state index contributed by atoms with van der Waals surface area (Å²) < 4.78 is 69.5. The molecule has 1 aromatic carbocycles. The molecule has 246 valence electrons. The quantitative estimate of drug-likeness (QED) is 0.361. The van der Waals surface area contributed by atoms with Crippen LogP contribution in [0.15, 0.2) is 42.5 Å². The van der Waals surface area contributed by atoms with E-state index in [4.69, 9.17) is 0 Å². The predicted octanol–water partition coefficient (Wildman–Crippen LogP) is 6.38. The Kier molecular flexibility index (Phi) is 8.78. The highest BCUT2D eigenvalue weighted by Gasteiger charge is 2.60. The number of nitrogens with zero attached hydrogens (tertiary/aromatic N) is 2. The van der Waals surface area contributed by atoms with Crippen molar-refractivity contribution in [2.75, 3.05) is 5.32 Å². The fourth-order valence-corrected chi connectivity index (χ4v) is 8.34. The number of rotatable bonds is 7. The zero-order valence-electron chi connectivity index (χ0n) is 26.4. The van der Waals surface area contributed by atoms with Gasteiger partial charge in [-0.1, -0.05) is 70.4 Å². The topological polar surface area (TPSA) is 108 Å². The third-order valence-electron chi connectivity index (χ3n) is 9.72. The Labute approximate surface area is 263 Å². The molecular formula is C33H43F3N4O4S. The van der Waals surface area contributed by atoms with Gasteiger partial charge < -0.3 is 10.2 Å². The number of halogens is 3. The van der Waals surface area contributed by atoms with E-state index in [0.717, 1.165) is 31.4 Å². The van der Waals surface area contributed by atoms with Crippen LogP contribution in [0.25, 0.3) is 0 Å². The summed E-state index contributed by atoms with van der Waals surface area (Å²) in [7, 11) is -4.05. The number of alkyl halides is 3. The summed E-state index contributed by atoms with van der Waals surface area (Å²) in [6.07, 6.45) is 0.255. The molecular weight excluding hydrogens is 605 g/mol. The molecule has 4 atom stereocenters. The molecule has 2 heterocycles. The number of benzene rings is 1. The molecule has 8 nitrogen and oxygen atoms in total. The van der Waals surface area contributed by atoms with E-state index >= 15 is 0 Å². The van der Waals surface area contributed by atoms with Crippen molar-refractivity contribution in [3.63, 3.8) is 0 Å². The lowest BCUT2D eigenvalue weighted by molar-refractivity contribution is -0.145. The summed E-state index contributed by atoms with van der Waals surface area (Å²) in [4.78, 5) is 34.8. The van der Waals surface area contributed by atoms with Crippen molar-refractivity contribution in [3.05, 3.63) is 59.3 Å². The normalized spacial score (nSPS) is 25.6. The fraction of sp³-hybridized carbons (Fsp3) is 0.606. The number of aromatic nitrogens is 1. The van der Waals surface area contributed by atoms with Crippen LogP contribution >= 0.6 is 0 Å². The van der Waals surface area contributed by atoms with Gasteiger partial charge in [0.1, 0.15) is 11.9 Å². The minimum atomic E-state index is -4.61. The van der Waals surface area contributed by atoms with Gasteiger partial charge in [0.2, 0.25) is 15.9 Å². The fourth-order valence-electron chi connectivity index (χ4n) is 7.07. The SMILES string of the molecule is Cc1cc(C(F)(F)F)cc(N[C@@H]2[C@@H](C(C)(C)C)[C@H](C(=O)NS(=O)(=O)C3(C)CC3)N(C(=O)C3CCCCC3)[C@@H]2c2ccccc2)n1. The van der Waals surface area contributed by atoms with Gasteiger partial charge in [-0.05, 0) is 62.6 Å². The van der Waals surface area contributed by atoms with Gasteiger partial charge in [-0.2, -0.15) is 13.2 Å². The van der Waals surface area contributed by atoms with Crippen LogP contribution in [0.3, 0.4) is 0 Å². The molecule has 3 fully saturated rings. The molecule has 1 aromatic heterocycles. The summed E-state index contributed by atoms with van der Waals surface area (Å²) in [5, 5.41) is 3.24. The third kappa shape index (κ3) is 6.71. The smallest absolute Gasteiger partial charge is 0.364 e. The monoisotopic (exact) mass is 648 g/mol. The number of carbonyl (C=O) groups excluding carboxylic acids is 2. The lowest BCUT2D eigenvalue weighted by Gasteiger charge is -2.37. The molecule has 0 unspecified atom stereocenters. The molecule has 1 saturated heterocycles. The van der Waals surface area contributed by atoms with Crippen LogP contribution < -0.4 is 10.0 Å². The Bertz CT molecular complexity index is 1530. The molecule has 0 spiro atoms. The van der Waals surface area contributed by atoms with Crippen molar-refractivity contribution in [2.45, 2.75) is 109 Å². The first kappa shape index (κ1) is 33.2. The molecule has 1 aliphatic heterocycles. The highest BCUT2D eigenvalue weighted by molar-refractivity contribution is 7.91. The molecule has 0 bridgehead atoms. The Morgan fingerprint density at radius 3 is 2.18 bits per heavy atom. The third-order valence-corrected chi connectivity index (χ3v) is 11.9. The molecule has 2 saturated carbocycles. The number of likely N-dealkylation sites (tertiary alicyclic amines) is 1. The number of hydrogen-bond donors (Lipinski definition) is 2. The van der Waals surface area contributed by atoms with Crippen LogP contribution in [0.4, 0.5) is 19.0 Å². The van der Waals surface area contributed by atoms with E-state index in [9.17, 15) is 31.2 Å². The Balaban J connectivity index is 1.68. The van der Waals surface area contributed by atoms with E-state index in [1.807, 2.05) is 39.0 Å². The van der Waals surface area contributed by atoms with E-state index in [-0.39, 0.29) is 23.3 Å². The van der Waals surface area contributed by atoms with Gasteiger partial charge in [-0.25, -0.2) is 13.4 Å². The summed E-state index contributed by atoms with van der Waals surface area (Å²) >= 11 is 0. The van der Waals surface area contributed by atoms with Crippen molar-refractivity contribution in [3.8, 4) is 0 Å². The molecule has 2 N–H and O–H groups in total. The summed E-state index contributed by atoms with van der Waals surface area (Å²) in [6, 6.07) is 8.19. The molecule has 3 aliphatic rings. The Morgan fingerprint density at radius 1 is 1.00 bits per heavy atom. The second-order valence-corrected chi connectivity index (χ2v) is 16.4. The van der Waals surface area contributed by atoms with E-state index < -0.39 is 61.9 Å². The average molecular weight is 649 g/mol. The van der Waals surface area contributed by atoms with Gasteiger partial charge in [0.25, 0.3) is 5.91 Å². The number of hydrogen-bond acceptors (Lipinski definition) is 6. The number of anilines is 1. The lowest BCUT2D eigenvalue weighted by atomic mass is 9.72. The first-order chi connectivity index (χ1) is 20.9. The van der Waals surface area contributed by atoms with Crippen molar-refractivity contribution < 1.29 is 31.2 Å². The highest BCUT2D eigenvalue weighted by atomic mass is 32.2. The minimum absolute atomic E-state index is 0.0354. The van der Waals surface area contributed by atoms with Gasteiger partial charge in [-0.15, -0.1) is 0 Å². The minimum Gasteiger partial charge on any atom is -0.364 e. The summed E-state index contributed by atoms with van der Waals surface area (Å²) in [5.74, 6) is -2.15. The number of aryl methyl sites for hydroxylation is 1. The molecule has 5 rings (SSSR count). The maximum absolute atomic E-state index is 14.6. The number of sulfonamides is 1. The van der Waals surface area contributed by atoms with E-state index in [1.165, 1.54) is 6.92 Å². The van der Waals surface area contributed by atoms with Gasteiger partial charge in [0.15, 0.2) is 0 Å². The van der Waals surface area contributed by atoms with Crippen LogP contribution in [0.1, 0.15) is 95.5 Å². The number of nitrogens with one attached hydrogen (secondary N) is 2.